The van der Waals surface area contributed by atoms with Crippen molar-refractivity contribution in [3.63, 3.8) is 0 Å². The Kier molecular flexibility index (Phi) is 5.21. The molecule has 0 amide bonds. The quantitative estimate of drug-likeness (QED) is 0.595. The lowest BCUT2D eigenvalue weighted by atomic mass is 9.94. The Hall–Kier alpha value is -2.17. The molecule has 1 aromatic carbocycles. The van der Waals surface area contributed by atoms with Crippen LogP contribution in [0, 0.1) is 5.82 Å². The third-order valence-electron chi connectivity index (χ3n) is 4.05. The number of nitrogens with zero attached hydrogens (tertiary/aromatic N) is 2. The molecule has 0 aliphatic rings. The van der Waals surface area contributed by atoms with Crippen molar-refractivity contribution in [2.75, 3.05) is 13.7 Å². The van der Waals surface area contributed by atoms with Gasteiger partial charge in [-0.3, -0.25) is 0 Å². The lowest BCUT2D eigenvalue weighted by Crippen LogP contribution is -2.06. The Balaban J connectivity index is 2.36. The fourth-order valence-corrected chi connectivity index (χ4v) is 3.09. The van der Waals surface area contributed by atoms with Crippen LogP contribution in [0.25, 0.3) is 22.7 Å². The standard InChI is InChI=1S/C20H20ClFN2O/c1-13(2)20-16(5-4-12-25-3)19(14-6-8-15(22)9-7-14)17-10-11-18(21)24(17)23-20/h4-11,13H,12H2,1-3H3. The number of hydrogen-bond donors (Lipinski definition) is 0. The van der Waals surface area contributed by atoms with Gasteiger partial charge in [0, 0.05) is 18.2 Å². The monoisotopic (exact) mass is 358 g/mol. The Labute approximate surface area is 151 Å². The van der Waals surface area contributed by atoms with Gasteiger partial charge < -0.3 is 4.74 Å². The van der Waals surface area contributed by atoms with E-state index < -0.39 is 0 Å². The first-order valence-corrected chi connectivity index (χ1v) is 8.53. The van der Waals surface area contributed by atoms with Gasteiger partial charge in [0.25, 0.3) is 0 Å². The van der Waals surface area contributed by atoms with Crippen molar-refractivity contribution >= 4 is 23.2 Å². The minimum Gasteiger partial charge on any atom is -0.381 e. The van der Waals surface area contributed by atoms with Crippen LogP contribution in [0.15, 0.2) is 42.5 Å². The molecule has 0 atom stereocenters. The number of hydrogen-bond acceptors (Lipinski definition) is 2. The maximum Gasteiger partial charge on any atom is 0.131 e. The highest BCUT2D eigenvalue weighted by atomic mass is 35.5. The normalized spacial score (nSPS) is 11.9. The Bertz CT molecular complexity index is 914. The highest BCUT2D eigenvalue weighted by Gasteiger charge is 2.18. The molecule has 3 nitrogen and oxygen atoms in total. The van der Waals surface area contributed by atoms with Gasteiger partial charge in [0.15, 0.2) is 0 Å². The third-order valence-corrected chi connectivity index (χ3v) is 4.33. The topological polar surface area (TPSA) is 26.5 Å². The molecule has 5 heteroatoms. The molecule has 0 radical (unpaired) electrons. The SMILES string of the molecule is COCC=Cc1c(C(C)C)nn2c(Cl)ccc2c1-c1ccc(F)cc1. The number of benzene rings is 1. The predicted molar refractivity (Wildman–Crippen MR) is 101 cm³/mol. The lowest BCUT2D eigenvalue weighted by molar-refractivity contribution is 0.234. The van der Waals surface area contributed by atoms with Gasteiger partial charge in [0.05, 0.1) is 17.8 Å². The Morgan fingerprint density at radius 1 is 1.20 bits per heavy atom. The summed E-state index contributed by atoms with van der Waals surface area (Å²) in [5.74, 6) is -0.0629. The molecule has 25 heavy (non-hydrogen) atoms. The molecule has 3 rings (SSSR count). The molecule has 0 fully saturated rings. The second kappa shape index (κ2) is 7.38. The second-order valence-electron chi connectivity index (χ2n) is 6.15. The van der Waals surface area contributed by atoms with Crippen LogP contribution < -0.4 is 0 Å². The average molecular weight is 359 g/mol. The fraction of sp³-hybridized carbons (Fsp3) is 0.250. The Morgan fingerprint density at radius 3 is 2.56 bits per heavy atom. The number of aromatic nitrogens is 2. The van der Waals surface area contributed by atoms with Gasteiger partial charge in [-0.15, -0.1) is 0 Å². The number of fused-ring (bicyclic) bond motifs is 1. The number of methoxy groups -OCH3 is 1. The fourth-order valence-electron chi connectivity index (χ4n) is 2.90. The molecule has 0 aliphatic heterocycles. The van der Waals surface area contributed by atoms with E-state index in [1.54, 1.807) is 23.8 Å². The Morgan fingerprint density at radius 2 is 1.92 bits per heavy atom. The summed E-state index contributed by atoms with van der Waals surface area (Å²) in [6, 6.07) is 10.3. The van der Waals surface area contributed by atoms with Crippen LogP contribution in [-0.2, 0) is 4.74 Å². The van der Waals surface area contributed by atoms with Crippen molar-refractivity contribution in [1.82, 2.24) is 9.61 Å². The van der Waals surface area contributed by atoms with Crippen LogP contribution >= 0.6 is 11.6 Å². The van der Waals surface area contributed by atoms with Gasteiger partial charge in [0.2, 0.25) is 0 Å². The first-order chi connectivity index (χ1) is 12.0. The molecule has 2 heterocycles. The highest BCUT2D eigenvalue weighted by molar-refractivity contribution is 6.30. The molecule has 0 spiro atoms. The molecular weight excluding hydrogens is 339 g/mol. The lowest BCUT2D eigenvalue weighted by Gasteiger charge is -2.17. The van der Waals surface area contributed by atoms with E-state index in [1.165, 1.54) is 12.1 Å². The van der Waals surface area contributed by atoms with Crippen LogP contribution in [0.1, 0.15) is 31.0 Å². The van der Waals surface area contributed by atoms with Crippen molar-refractivity contribution in [3.8, 4) is 11.1 Å². The number of halogens is 2. The summed E-state index contributed by atoms with van der Waals surface area (Å²) in [6.45, 7) is 4.69. The zero-order chi connectivity index (χ0) is 18.0. The van der Waals surface area contributed by atoms with Crippen molar-refractivity contribution in [2.45, 2.75) is 19.8 Å². The van der Waals surface area contributed by atoms with Crippen molar-refractivity contribution in [2.24, 2.45) is 0 Å². The van der Waals surface area contributed by atoms with Crippen LogP contribution in [0.2, 0.25) is 5.15 Å². The smallest absolute Gasteiger partial charge is 0.131 e. The zero-order valence-electron chi connectivity index (χ0n) is 14.5. The van der Waals surface area contributed by atoms with E-state index in [9.17, 15) is 4.39 Å². The van der Waals surface area contributed by atoms with E-state index in [0.717, 1.165) is 27.9 Å². The van der Waals surface area contributed by atoms with Crippen LogP contribution in [0.5, 0.6) is 0 Å². The summed E-state index contributed by atoms with van der Waals surface area (Å²) >= 11 is 6.32. The van der Waals surface area contributed by atoms with E-state index in [0.29, 0.717) is 11.8 Å². The predicted octanol–water partition coefficient (Wildman–Crippen LogP) is 5.58. The number of ether oxygens (including phenoxy) is 1. The molecule has 0 bridgehead atoms. The van der Waals surface area contributed by atoms with Crippen LogP contribution in [0.4, 0.5) is 4.39 Å². The molecule has 130 valence electrons. The summed E-state index contributed by atoms with van der Waals surface area (Å²) in [5.41, 5.74) is 4.72. The van der Waals surface area contributed by atoms with Crippen LogP contribution in [-0.4, -0.2) is 23.3 Å². The summed E-state index contributed by atoms with van der Waals surface area (Å²) in [7, 11) is 1.66. The highest BCUT2D eigenvalue weighted by Crippen LogP contribution is 2.35. The largest absolute Gasteiger partial charge is 0.381 e. The van der Waals surface area contributed by atoms with Gasteiger partial charge >= 0.3 is 0 Å². The second-order valence-corrected chi connectivity index (χ2v) is 6.53. The van der Waals surface area contributed by atoms with Crippen molar-refractivity contribution in [3.05, 3.63) is 64.7 Å². The van der Waals surface area contributed by atoms with E-state index in [4.69, 9.17) is 21.4 Å². The zero-order valence-corrected chi connectivity index (χ0v) is 15.2. The maximum absolute atomic E-state index is 13.4. The van der Waals surface area contributed by atoms with Gasteiger partial charge in [-0.25, -0.2) is 8.91 Å². The summed E-state index contributed by atoms with van der Waals surface area (Å²) in [5, 5.41) is 5.28. The van der Waals surface area contributed by atoms with E-state index in [1.807, 2.05) is 24.3 Å². The van der Waals surface area contributed by atoms with Crippen molar-refractivity contribution in [1.29, 1.82) is 0 Å². The molecule has 0 aliphatic carbocycles. The first-order valence-electron chi connectivity index (χ1n) is 8.15. The third kappa shape index (κ3) is 3.46. The molecule has 2 aromatic heterocycles. The summed E-state index contributed by atoms with van der Waals surface area (Å²) in [6.07, 6.45) is 3.97. The van der Waals surface area contributed by atoms with Gasteiger partial charge in [-0.1, -0.05) is 49.7 Å². The minimum absolute atomic E-state index is 0.198. The maximum atomic E-state index is 13.4. The first kappa shape index (κ1) is 17.6. The molecular formula is C20H20ClFN2O. The van der Waals surface area contributed by atoms with E-state index >= 15 is 0 Å². The molecule has 0 unspecified atom stereocenters. The minimum atomic E-state index is -0.261. The van der Waals surface area contributed by atoms with Gasteiger partial charge in [0.1, 0.15) is 11.0 Å². The molecule has 0 saturated carbocycles. The molecule has 0 N–H and O–H groups in total. The summed E-state index contributed by atoms with van der Waals surface area (Å²) < 4.78 is 20.3. The summed E-state index contributed by atoms with van der Waals surface area (Å²) in [4.78, 5) is 0. The average Bonchev–Trinajstić information content (AvgIpc) is 2.96. The van der Waals surface area contributed by atoms with E-state index in [2.05, 4.69) is 13.8 Å². The molecule has 0 saturated heterocycles. The van der Waals surface area contributed by atoms with Crippen LogP contribution in [0.3, 0.4) is 0 Å². The van der Waals surface area contributed by atoms with Gasteiger partial charge in [-0.2, -0.15) is 5.10 Å². The van der Waals surface area contributed by atoms with Gasteiger partial charge in [-0.05, 0) is 35.7 Å². The van der Waals surface area contributed by atoms with Crippen molar-refractivity contribution < 1.29 is 9.13 Å². The van der Waals surface area contributed by atoms with E-state index in [-0.39, 0.29) is 11.7 Å². The number of rotatable bonds is 5. The molecule has 3 aromatic rings.